The zero-order valence-corrected chi connectivity index (χ0v) is 22.7. The number of para-hydroxylation sites is 2. The fourth-order valence-electron chi connectivity index (χ4n) is 3.70. The van der Waals surface area contributed by atoms with Gasteiger partial charge < -0.3 is 29.1 Å². The summed E-state index contributed by atoms with van der Waals surface area (Å²) in [5.41, 5.74) is 2.02. The molecule has 0 heterocycles. The summed E-state index contributed by atoms with van der Waals surface area (Å²) < 4.78 is 11.0. The van der Waals surface area contributed by atoms with Gasteiger partial charge in [0.15, 0.2) is 0 Å². The number of hydrogen-bond acceptors (Lipinski definition) is 6. The first-order chi connectivity index (χ1) is 17.2. The molecule has 0 aliphatic heterocycles. The van der Waals surface area contributed by atoms with Crippen molar-refractivity contribution >= 4 is 12.2 Å². The van der Waals surface area contributed by atoms with Crippen LogP contribution in [0, 0.1) is 0 Å². The summed E-state index contributed by atoms with van der Waals surface area (Å²) in [6.07, 6.45) is 3.81. The SMILES string of the molecule is CN(CCCCCCN(C)Cc1ccccc1OC(=O)N(C)C)Cc1ccccc1OC(=O)N(C)C. The molecule has 0 saturated carbocycles. The lowest BCUT2D eigenvalue weighted by Crippen LogP contribution is -2.26. The Morgan fingerprint density at radius 2 is 0.944 bits per heavy atom. The third-order valence-corrected chi connectivity index (χ3v) is 5.78. The van der Waals surface area contributed by atoms with Crippen molar-refractivity contribution in [3.63, 3.8) is 0 Å². The highest BCUT2D eigenvalue weighted by Crippen LogP contribution is 2.21. The molecule has 0 atom stereocenters. The second-order valence-electron chi connectivity index (χ2n) is 9.63. The Labute approximate surface area is 216 Å². The quantitative estimate of drug-likeness (QED) is 0.365. The van der Waals surface area contributed by atoms with Gasteiger partial charge in [0.25, 0.3) is 0 Å². The standard InChI is InChI=1S/C28H42N4O4/c1-29(2)27(33)35-25-17-11-9-15-23(25)21-31(5)19-13-7-8-14-20-32(6)22-24-16-10-12-18-26(24)36-28(34)30(3)4/h9-12,15-18H,7-8,13-14,19-22H2,1-6H3. The molecule has 0 fully saturated rings. The van der Waals surface area contributed by atoms with Gasteiger partial charge in [-0.05, 0) is 52.2 Å². The van der Waals surface area contributed by atoms with Crippen molar-refractivity contribution in [1.29, 1.82) is 0 Å². The molecule has 0 bridgehead atoms. The summed E-state index contributed by atoms with van der Waals surface area (Å²) in [5.74, 6) is 1.23. The van der Waals surface area contributed by atoms with Crippen LogP contribution in [-0.4, -0.2) is 87.2 Å². The Morgan fingerprint density at radius 1 is 0.583 bits per heavy atom. The van der Waals surface area contributed by atoms with Crippen LogP contribution in [0.3, 0.4) is 0 Å². The third-order valence-electron chi connectivity index (χ3n) is 5.78. The molecule has 8 heteroatoms. The van der Waals surface area contributed by atoms with Crippen molar-refractivity contribution in [3.8, 4) is 11.5 Å². The predicted octanol–water partition coefficient (Wildman–Crippen LogP) is 4.93. The van der Waals surface area contributed by atoms with Crippen LogP contribution in [0.1, 0.15) is 36.8 Å². The van der Waals surface area contributed by atoms with Crippen LogP contribution in [0.2, 0.25) is 0 Å². The maximum absolute atomic E-state index is 11.9. The Morgan fingerprint density at radius 3 is 1.31 bits per heavy atom. The summed E-state index contributed by atoms with van der Waals surface area (Å²) in [4.78, 5) is 31.2. The third kappa shape index (κ3) is 10.3. The molecular weight excluding hydrogens is 456 g/mol. The molecule has 8 nitrogen and oxygen atoms in total. The van der Waals surface area contributed by atoms with Crippen molar-refractivity contribution < 1.29 is 19.1 Å². The van der Waals surface area contributed by atoms with Crippen molar-refractivity contribution in [3.05, 3.63) is 59.7 Å². The fourth-order valence-corrected chi connectivity index (χ4v) is 3.70. The van der Waals surface area contributed by atoms with Gasteiger partial charge in [-0.15, -0.1) is 0 Å². The second-order valence-corrected chi connectivity index (χ2v) is 9.63. The molecule has 2 rings (SSSR count). The maximum atomic E-state index is 11.9. The number of nitrogens with zero attached hydrogens (tertiary/aromatic N) is 4. The van der Waals surface area contributed by atoms with E-state index < -0.39 is 0 Å². The van der Waals surface area contributed by atoms with E-state index in [9.17, 15) is 9.59 Å². The number of carbonyl (C=O) groups is 2. The lowest BCUT2D eigenvalue weighted by molar-refractivity contribution is 0.170. The Balaban J connectivity index is 1.68. The molecule has 0 radical (unpaired) electrons. The van der Waals surface area contributed by atoms with E-state index in [4.69, 9.17) is 9.47 Å². The number of benzene rings is 2. The highest BCUT2D eigenvalue weighted by atomic mass is 16.6. The summed E-state index contributed by atoms with van der Waals surface area (Å²) in [7, 11) is 10.9. The van der Waals surface area contributed by atoms with E-state index in [2.05, 4.69) is 23.9 Å². The lowest BCUT2D eigenvalue weighted by Gasteiger charge is -2.20. The molecule has 2 aromatic carbocycles. The van der Waals surface area contributed by atoms with Gasteiger partial charge >= 0.3 is 12.2 Å². The normalized spacial score (nSPS) is 11.0. The fraction of sp³-hybridized carbons (Fsp3) is 0.500. The lowest BCUT2D eigenvalue weighted by atomic mass is 10.1. The Bertz CT molecular complexity index is 887. The number of unbranched alkanes of at least 4 members (excludes halogenated alkanes) is 3. The predicted molar refractivity (Wildman–Crippen MR) is 143 cm³/mol. The van der Waals surface area contributed by atoms with Gasteiger partial charge in [0.2, 0.25) is 0 Å². The molecule has 0 aliphatic carbocycles. The molecule has 36 heavy (non-hydrogen) atoms. The number of ether oxygens (including phenoxy) is 2. The van der Waals surface area contributed by atoms with Crippen molar-refractivity contribution in [2.75, 3.05) is 55.4 Å². The maximum Gasteiger partial charge on any atom is 0.414 e. The van der Waals surface area contributed by atoms with Crippen LogP contribution in [0.25, 0.3) is 0 Å². The second kappa shape index (κ2) is 15.1. The van der Waals surface area contributed by atoms with E-state index in [0.29, 0.717) is 11.5 Å². The summed E-state index contributed by atoms with van der Waals surface area (Å²) in [6.45, 7) is 3.43. The Kier molecular flexibility index (Phi) is 12.2. The number of amides is 2. The number of hydrogen-bond donors (Lipinski definition) is 0. The number of carbonyl (C=O) groups excluding carboxylic acids is 2. The molecule has 198 valence electrons. The largest absolute Gasteiger partial charge is 0.414 e. The number of rotatable bonds is 13. The highest BCUT2D eigenvalue weighted by Gasteiger charge is 2.13. The first kappa shape index (κ1) is 29.1. The van der Waals surface area contributed by atoms with Crippen LogP contribution in [0.4, 0.5) is 9.59 Å². The van der Waals surface area contributed by atoms with Gasteiger partial charge in [0.1, 0.15) is 11.5 Å². The zero-order valence-electron chi connectivity index (χ0n) is 22.7. The van der Waals surface area contributed by atoms with Gasteiger partial charge in [0.05, 0.1) is 0 Å². The molecule has 0 unspecified atom stereocenters. The first-order valence-electron chi connectivity index (χ1n) is 12.5. The van der Waals surface area contributed by atoms with Gasteiger partial charge in [-0.1, -0.05) is 49.2 Å². The molecule has 0 aromatic heterocycles. The van der Waals surface area contributed by atoms with E-state index in [-0.39, 0.29) is 12.2 Å². The van der Waals surface area contributed by atoms with Gasteiger partial charge in [-0.25, -0.2) is 9.59 Å². The molecule has 0 N–H and O–H groups in total. The molecule has 0 aliphatic rings. The van der Waals surface area contributed by atoms with Crippen molar-refractivity contribution in [2.24, 2.45) is 0 Å². The molecule has 2 aromatic rings. The van der Waals surface area contributed by atoms with E-state index in [1.165, 1.54) is 9.80 Å². The van der Waals surface area contributed by atoms with Crippen molar-refractivity contribution in [1.82, 2.24) is 19.6 Å². The average molecular weight is 499 g/mol. The van der Waals surface area contributed by atoms with Crippen LogP contribution in [0.15, 0.2) is 48.5 Å². The Hall–Kier alpha value is -3.10. The van der Waals surface area contributed by atoms with E-state index in [1.54, 1.807) is 28.2 Å². The molecule has 0 saturated heterocycles. The van der Waals surface area contributed by atoms with Gasteiger partial charge in [-0.2, -0.15) is 0 Å². The molecule has 0 spiro atoms. The van der Waals surface area contributed by atoms with E-state index in [1.807, 2.05) is 48.5 Å². The van der Waals surface area contributed by atoms with Crippen LogP contribution in [-0.2, 0) is 13.1 Å². The minimum absolute atomic E-state index is 0.367. The summed E-state index contributed by atoms with van der Waals surface area (Å²) in [6, 6.07) is 15.4. The smallest absolute Gasteiger partial charge is 0.410 e. The van der Waals surface area contributed by atoms with Crippen LogP contribution >= 0.6 is 0 Å². The first-order valence-corrected chi connectivity index (χ1v) is 12.5. The summed E-state index contributed by atoms with van der Waals surface area (Å²) in [5, 5.41) is 0. The zero-order chi connectivity index (χ0) is 26.5. The van der Waals surface area contributed by atoms with Crippen LogP contribution < -0.4 is 9.47 Å². The van der Waals surface area contributed by atoms with Crippen molar-refractivity contribution in [2.45, 2.75) is 38.8 Å². The topological polar surface area (TPSA) is 65.6 Å². The van der Waals surface area contributed by atoms with Gasteiger partial charge in [0, 0.05) is 52.4 Å². The summed E-state index contributed by atoms with van der Waals surface area (Å²) >= 11 is 0. The monoisotopic (exact) mass is 498 g/mol. The molecule has 2 amide bonds. The van der Waals surface area contributed by atoms with E-state index in [0.717, 1.165) is 63.0 Å². The molecular formula is C28H42N4O4. The minimum Gasteiger partial charge on any atom is -0.410 e. The van der Waals surface area contributed by atoms with Crippen LogP contribution in [0.5, 0.6) is 11.5 Å². The van der Waals surface area contributed by atoms with E-state index >= 15 is 0 Å². The van der Waals surface area contributed by atoms with Gasteiger partial charge in [-0.3, -0.25) is 0 Å². The minimum atomic E-state index is -0.367. The highest BCUT2D eigenvalue weighted by molar-refractivity contribution is 5.71. The average Bonchev–Trinajstić information content (AvgIpc) is 2.83.